The molecular formula is C13H21BrN2. The number of rotatable bonds is 6. The summed E-state index contributed by atoms with van der Waals surface area (Å²) < 4.78 is 1.18. The SMILES string of the molecule is CCC(CCN)N(C)Cc1ccccc1Br. The van der Waals surface area contributed by atoms with Crippen molar-refractivity contribution in [1.82, 2.24) is 4.90 Å². The predicted octanol–water partition coefficient (Wildman–Crippen LogP) is 3.01. The fourth-order valence-corrected chi connectivity index (χ4v) is 2.36. The van der Waals surface area contributed by atoms with Crippen molar-refractivity contribution in [1.29, 1.82) is 0 Å². The summed E-state index contributed by atoms with van der Waals surface area (Å²) in [6.45, 7) is 3.95. The normalized spacial score (nSPS) is 13.1. The number of halogens is 1. The van der Waals surface area contributed by atoms with E-state index in [9.17, 15) is 0 Å². The zero-order chi connectivity index (χ0) is 12.0. The Morgan fingerprint density at radius 1 is 1.38 bits per heavy atom. The number of hydrogen-bond donors (Lipinski definition) is 1. The first-order chi connectivity index (χ1) is 7.69. The van der Waals surface area contributed by atoms with E-state index >= 15 is 0 Å². The van der Waals surface area contributed by atoms with Gasteiger partial charge in [-0.05, 0) is 38.1 Å². The van der Waals surface area contributed by atoms with Crippen LogP contribution in [0, 0.1) is 0 Å². The van der Waals surface area contributed by atoms with Gasteiger partial charge < -0.3 is 5.73 Å². The highest BCUT2D eigenvalue weighted by molar-refractivity contribution is 9.10. The van der Waals surface area contributed by atoms with Gasteiger partial charge in [-0.2, -0.15) is 0 Å². The Morgan fingerprint density at radius 2 is 2.06 bits per heavy atom. The van der Waals surface area contributed by atoms with E-state index in [1.807, 2.05) is 6.07 Å². The van der Waals surface area contributed by atoms with Crippen LogP contribution in [-0.4, -0.2) is 24.5 Å². The van der Waals surface area contributed by atoms with Gasteiger partial charge >= 0.3 is 0 Å². The molecule has 0 bridgehead atoms. The molecule has 1 aromatic rings. The van der Waals surface area contributed by atoms with Gasteiger partial charge in [-0.3, -0.25) is 4.90 Å². The van der Waals surface area contributed by atoms with Crippen LogP contribution in [0.2, 0.25) is 0 Å². The summed E-state index contributed by atoms with van der Waals surface area (Å²) in [5.74, 6) is 0. The van der Waals surface area contributed by atoms with Crippen molar-refractivity contribution in [2.24, 2.45) is 5.73 Å². The molecule has 1 unspecified atom stereocenters. The fourth-order valence-electron chi connectivity index (χ4n) is 1.95. The largest absolute Gasteiger partial charge is 0.330 e. The molecule has 2 N–H and O–H groups in total. The molecule has 0 aliphatic rings. The highest BCUT2D eigenvalue weighted by Crippen LogP contribution is 2.19. The van der Waals surface area contributed by atoms with Crippen LogP contribution in [-0.2, 0) is 6.54 Å². The quantitative estimate of drug-likeness (QED) is 0.870. The maximum atomic E-state index is 5.63. The summed E-state index contributed by atoms with van der Waals surface area (Å²) in [5.41, 5.74) is 6.96. The van der Waals surface area contributed by atoms with E-state index in [2.05, 4.69) is 53.0 Å². The summed E-state index contributed by atoms with van der Waals surface area (Å²) in [6.07, 6.45) is 2.22. The second-order valence-electron chi connectivity index (χ2n) is 4.15. The van der Waals surface area contributed by atoms with Crippen molar-refractivity contribution in [3.63, 3.8) is 0 Å². The highest BCUT2D eigenvalue weighted by atomic mass is 79.9. The van der Waals surface area contributed by atoms with Crippen LogP contribution in [0.4, 0.5) is 0 Å². The third-order valence-electron chi connectivity index (χ3n) is 2.97. The number of benzene rings is 1. The van der Waals surface area contributed by atoms with Gasteiger partial charge in [-0.15, -0.1) is 0 Å². The first-order valence-electron chi connectivity index (χ1n) is 5.82. The van der Waals surface area contributed by atoms with E-state index in [0.717, 1.165) is 25.9 Å². The first-order valence-corrected chi connectivity index (χ1v) is 6.62. The lowest BCUT2D eigenvalue weighted by Gasteiger charge is -2.27. The molecule has 1 atom stereocenters. The van der Waals surface area contributed by atoms with Crippen LogP contribution in [0.1, 0.15) is 25.3 Å². The van der Waals surface area contributed by atoms with Gasteiger partial charge in [0.25, 0.3) is 0 Å². The molecule has 2 nitrogen and oxygen atoms in total. The fraction of sp³-hybridized carbons (Fsp3) is 0.538. The topological polar surface area (TPSA) is 29.3 Å². The standard InChI is InChI=1S/C13H21BrN2/c1-3-12(8-9-15)16(2)10-11-6-4-5-7-13(11)14/h4-7,12H,3,8-10,15H2,1-2H3. The molecule has 90 valence electrons. The number of nitrogens with two attached hydrogens (primary N) is 1. The maximum Gasteiger partial charge on any atom is 0.0244 e. The molecule has 3 heteroatoms. The Kier molecular flexibility index (Phi) is 6.03. The zero-order valence-corrected chi connectivity index (χ0v) is 11.7. The summed E-state index contributed by atoms with van der Waals surface area (Å²) in [4.78, 5) is 2.38. The molecule has 0 saturated heterocycles. The number of nitrogens with zero attached hydrogens (tertiary/aromatic N) is 1. The van der Waals surface area contributed by atoms with Gasteiger partial charge in [-0.25, -0.2) is 0 Å². The minimum absolute atomic E-state index is 0.581. The van der Waals surface area contributed by atoms with Gasteiger partial charge in [0, 0.05) is 17.1 Å². The average molecular weight is 285 g/mol. The molecule has 0 aliphatic heterocycles. The van der Waals surface area contributed by atoms with E-state index in [1.54, 1.807) is 0 Å². The smallest absolute Gasteiger partial charge is 0.0244 e. The van der Waals surface area contributed by atoms with Crippen LogP contribution >= 0.6 is 15.9 Å². The Labute approximate surface area is 107 Å². The second-order valence-corrected chi connectivity index (χ2v) is 5.00. The van der Waals surface area contributed by atoms with Gasteiger partial charge in [-0.1, -0.05) is 41.1 Å². The second kappa shape index (κ2) is 7.05. The van der Waals surface area contributed by atoms with Crippen LogP contribution in [0.15, 0.2) is 28.7 Å². The molecule has 0 heterocycles. The third kappa shape index (κ3) is 3.89. The highest BCUT2D eigenvalue weighted by Gasteiger charge is 2.12. The summed E-state index contributed by atoms with van der Waals surface area (Å²) in [7, 11) is 2.17. The van der Waals surface area contributed by atoms with Crippen molar-refractivity contribution in [2.45, 2.75) is 32.4 Å². The summed E-state index contributed by atoms with van der Waals surface area (Å²) in [6, 6.07) is 8.96. The number of hydrogen-bond acceptors (Lipinski definition) is 2. The summed E-state index contributed by atoms with van der Waals surface area (Å²) in [5, 5.41) is 0. The van der Waals surface area contributed by atoms with Crippen molar-refractivity contribution in [3.05, 3.63) is 34.3 Å². The van der Waals surface area contributed by atoms with E-state index in [-0.39, 0.29) is 0 Å². The van der Waals surface area contributed by atoms with E-state index < -0.39 is 0 Å². The molecule has 0 radical (unpaired) electrons. The molecule has 0 amide bonds. The molecule has 0 spiro atoms. The molecule has 16 heavy (non-hydrogen) atoms. The lowest BCUT2D eigenvalue weighted by Crippen LogP contribution is -2.32. The lowest BCUT2D eigenvalue weighted by molar-refractivity contribution is 0.218. The molecule has 0 aromatic heterocycles. The van der Waals surface area contributed by atoms with Crippen LogP contribution in [0.3, 0.4) is 0 Å². The molecule has 0 fully saturated rings. The predicted molar refractivity (Wildman–Crippen MR) is 73.4 cm³/mol. The molecule has 1 aromatic carbocycles. The van der Waals surface area contributed by atoms with Gasteiger partial charge in [0.15, 0.2) is 0 Å². The third-order valence-corrected chi connectivity index (χ3v) is 3.75. The average Bonchev–Trinajstić information content (AvgIpc) is 2.29. The molecule has 0 saturated carbocycles. The van der Waals surface area contributed by atoms with Crippen LogP contribution < -0.4 is 5.73 Å². The zero-order valence-electron chi connectivity index (χ0n) is 10.1. The van der Waals surface area contributed by atoms with Crippen molar-refractivity contribution in [3.8, 4) is 0 Å². The van der Waals surface area contributed by atoms with Gasteiger partial charge in [0.1, 0.15) is 0 Å². The monoisotopic (exact) mass is 284 g/mol. The van der Waals surface area contributed by atoms with Gasteiger partial charge in [0.2, 0.25) is 0 Å². The van der Waals surface area contributed by atoms with E-state index in [4.69, 9.17) is 5.73 Å². The van der Waals surface area contributed by atoms with E-state index in [1.165, 1.54) is 10.0 Å². The maximum absolute atomic E-state index is 5.63. The molecular weight excluding hydrogens is 264 g/mol. The van der Waals surface area contributed by atoms with Gasteiger partial charge in [0.05, 0.1) is 0 Å². The Morgan fingerprint density at radius 3 is 2.62 bits per heavy atom. The van der Waals surface area contributed by atoms with Crippen molar-refractivity contribution in [2.75, 3.05) is 13.6 Å². The van der Waals surface area contributed by atoms with E-state index in [0.29, 0.717) is 6.04 Å². The van der Waals surface area contributed by atoms with Crippen LogP contribution in [0.5, 0.6) is 0 Å². The Hall–Kier alpha value is -0.380. The Bertz CT molecular complexity index is 315. The van der Waals surface area contributed by atoms with Crippen molar-refractivity contribution >= 4 is 15.9 Å². The van der Waals surface area contributed by atoms with Crippen molar-refractivity contribution < 1.29 is 0 Å². The van der Waals surface area contributed by atoms with Crippen LogP contribution in [0.25, 0.3) is 0 Å². The minimum Gasteiger partial charge on any atom is -0.330 e. The Balaban J connectivity index is 2.62. The molecule has 1 rings (SSSR count). The lowest BCUT2D eigenvalue weighted by atomic mass is 10.1. The summed E-state index contributed by atoms with van der Waals surface area (Å²) >= 11 is 3.58. The minimum atomic E-state index is 0.581. The first kappa shape index (κ1) is 13.7. The molecule has 0 aliphatic carbocycles.